The lowest BCUT2D eigenvalue weighted by atomic mass is 9.63. The zero-order valence-corrected chi connectivity index (χ0v) is 30.6. The number of nitrogens with two attached hydrogens (primary N) is 1. The second-order valence-electron chi connectivity index (χ2n) is 16.9. The molecule has 0 spiro atoms. The van der Waals surface area contributed by atoms with Crippen molar-refractivity contribution in [3.63, 3.8) is 0 Å². The summed E-state index contributed by atoms with van der Waals surface area (Å²) in [6, 6.07) is 0. The number of piperidine rings is 1. The number of ether oxygens (including phenoxy) is 1. The number of Topliss-reactive ketones (excluding diaryl/α,β-unsaturated/α-hetero) is 2. The smallest absolute Gasteiger partial charge is 0.144 e. The molecule has 1 saturated heterocycles. The van der Waals surface area contributed by atoms with Crippen molar-refractivity contribution in [3.05, 3.63) is 0 Å². The molecule has 1 aliphatic heterocycles. The molecule has 6 N–H and O–H groups in total. The Morgan fingerprint density at radius 3 is 2.45 bits per heavy atom. The van der Waals surface area contributed by atoms with Gasteiger partial charge < -0.3 is 31.1 Å². The van der Waals surface area contributed by atoms with Crippen LogP contribution in [-0.2, 0) is 14.3 Å². The van der Waals surface area contributed by atoms with Gasteiger partial charge >= 0.3 is 0 Å². The fourth-order valence-electron chi connectivity index (χ4n) is 11.1. The molecule has 49 heavy (non-hydrogen) atoms. The summed E-state index contributed by atoms with van der Waals surface area (Å²) >= 11 is 0. The summed E-state index contributed by atoms with van der Waals surface area (Å²) in [4.78, 5) is 27.9. The summed E-state index contributed by atoms with van der Waals surface area (Å²) < 4.78 is 5.73. The number of hydrogen-bond donors (Lipinski definition) is 5. The van der Waals surface area contributed by atoms with Gasteiger partial charge in [0.25, 0.3) is 0 Å². The van der Waals surface area contributed by atoms with Gasteiger partial charge in [-0.3, -0.25) is 9.59 Å². The molecule has 13 atom stereocenters. The van der Waals surface area contributed by atoms with E-state index in [0.717, 1.165) is 77.2 Å². The number of aliphatic hydroxyl groups is 3. The number of carbonyl (C=O) groups is 2. The van der Waals surface area contributed by atoms with E-state index in [1.807, 2.05) is 0 Å². The molecule has 5 aliphatic rings. The third-order valence-electron chi connectivity index (χ3n) is 13.6. The molecule has 0 aromatic rings. The highest BCUT2D eigenvalue weighted by Crippen LogP contribution is 2.47. The van der Waals surface area contributed by atoms with Crippen LogP contribution in [0.5, 0.6) is 0 Å². The summed E-state index contributed by atoms with van der Waals surface area (Å²) in [5.41, 5.74) is 6.36. The first-order valence-electron chi connectivity index (χ1n) is 20.2. The zero-order chi connectivity index (χ0) is 34.9. The molecular formula is C41H68N2O6. The molecule has 0 amide bonds. The van der Waals surface area contributed by atoms with Crippen molar-refractivity contribution in [2.75, 3.05) is 20.3 Å². The first-order valence-corrected chi connectivity index (χ1v) is 20.2. The third kappa shape index (κ3) is 10.4. The Labute approximate surface area is 296 Å². The number of fused-ring (bicyclic) bond motifs is 2. The molecule has 0 radical (unpaired) electrons. The van der Waals surface area contributed by atoms with E-state index in [4.69, 9.17) is 10.5 Å². The van der Waals surface area contributed by atoms with E-state index in [2.05, 4.69) is 24.1 Å². The number of carbonyl (C=O) groups excluding carboxylic acids is 2. The average molecular weight is 685 g/mol. The van der Waals surface area contributed by atoms with Crippen LogP contribution in [0.2, 0.25) is 0 Å². The molecule has 3 saturated carbocycles. The predicted molar refractivity (Wildman–Crippen MR) is 192 cm³/mol. The molecule has 8 nitrogen and oxygen atoms in total. The van der Waals surface area contributed by atoms with Crippen LogP contribution < -0.4 is 11.1 Å². The van der Waals surface area contributed by atoms with E-state index in [0.29, 0.717) is 43.4 Å². The van der Waals surface area contributed by atoms with E-state index >= 15 is 0 Å². The highest BCUT2D eigenvalue weighted by atomic mass is 16.5. The van der Waals surface area contributed by atoms with E-state index in [1.165, 1.54) is 19.3 Å². The lowest BCUT2D eigenvalue weighted by Crippen LogP contribution is -2.44. The van der Waals surface area contributed by atoms with Crippen molar-refractivity contribution in [2.45, 2.75) is 153 Å². The first-order chi connectivity index (χ1) is 23.7. The Morgan fingerprint density at radius 1 is 0.939 bits per heavy atom. The number of aliphatic hydroxyl groups excluding tert-OH is 3. The van der Waals surface area contributed by atoms with E-state index in [1.54, 1.807) is 7.11 Å². The maximum Gasteiger partial charge on any atom is 0.144 e. The lowest BCUT2D eigenvalue weighted by molar-refractivity contribution is -0.131. The van der Waals surface area contributed by atoms with Crippen LogP contribution in [0.1, 0.15) is 129 Å². The first kappa shape index (κ1) is 38.9. The molecule has 278 valence electrons. The summed E-state index contributed by atoms with van der Waals surface area (Å²) in [6.45, 7) is 3.01. The van der Waals surface area contributed by atoms with Crippen LogP contribution in [0, 0.1) is 71.0 Å². The summed E-state index contributed by atoms with van der Waals surface area (Å²) in [7, 11) is 1.67. The molecular weight excluding hydrogens is 616 g/mol. The van der Waals surface area contributed by atoms with Gasteiger partial charge in [-0.25, -0.2) is 0 Å². The fraction of sp³-hybridized carbons (Fsp3) is 0.902. The Kier molecular flexibility index (Phi) is 15.0. The highest BCUT2D eigenvalue weighted by molar-refractivity contribution is 6.00. The van der Waals surface area contributed by atoms with Crippen molar-refractivity contribution < 1.29 is 29.6 Å². The van der Waals surface area contributed by atoms with Crippen molar-refractivity contribution >= 4 is 11.6 Å². The molecule has 4 fully saturated rings. The van der Waals surface area contributed by atoms with Gasteiger partial charge in [-0.2, -0.15) is 0 Å². The maximum atomic E-state index is 14.3. The minimum Gasteiger partial charge on any atom is -0.396 e. The number of methoxy groups -OCH3 is 1. The summed E-state index contributed by atoms with van der Waals surface area (Å²) in [5, 5.41) is 35.7. The predicted octanol–water partition coefficient (Wildman–Crippen LogP) is 5.39. The van der Waals surface area contributed by atoms with Gasteiger partial charge in [-0.1, -0.05) is 44.4 Å². The van der Waals surface area contributed by atoms with E-state index in [-0.39, 0.29) is 78.3 Å². The van der Waals surface area contributed by atoms with Crippen molar-refractivity contribution in [1.29, 1.82) is 0 Å². The Bertz CT molecular complexity index is 1120. The van der Waals surface area contributed by atoms with Crippen LogP contribution >= 0.6 is 0 Å². The fourth-order valence-corrected chi connectivity index (χ4v) is 11.1. The van der Waals surface area contributed by atoms with Gasteiger partial charge in [0.2, 0.25) is 0 Å². The SMILES string of the molecule is CCC[C@@H]([C@H]1C[C@H](CC2CCNC(N)C2)C[C@H]2C#C[C@H](C3CCCCC3)C3CC(O)C(OC)CC3CCC(=O)CC(=O)[C@@H]2C1)[C@H](O)CCO. The standard InChI is InChI=1S/C41H68N2O6/c1-3-7-34(37(46)15-17-44)31-20-27(18-26-14-16-43-41(42)21-26)19-29-11-13-33(28-8-5-4-6-9-28)35-25-39(48)40(49-2)23-30(35)10-12-32(45)24-38(47)36(29)22-31/h26-31,33-37,39-41,43-44,46,48H,3-10,12,14-25,42H2,1-2H3/t26?,27-,29-,30?,31+,33-,34+,35?,36-,37-,39?,40?,41?/m1/s1. The van der Waals surface area contributed by atoms with Crippen LogP contribution in [0.25, 0.3) is 0 Å². The molecule has 0 aromatic carbocycles. The normalized spacial score (nSPS) is 39.6. The molecule has 5 rings (SSSR count). The highest BCUT2D eigenvalue weighted by Gasteiger charge is 2.45. The number of ketones is 2. The molecule has 4 aliphatic carbocycles. The molecule has 0 bridgehead atoms. The van der Waals surface area contributed by atoms with Crippen LogP contribution in [0.15, 0.2) is 0 Å². The maximum absolute atomic E-state index is 14.3. The van der Waals surface area contributed by atoms with Crippen molar-refractivity contribution in [3.8, 4) is 11.8 Å². The number of hydrogen-bond acceptors (Lipinski definition) is 8. The van der Waals surface area contributed by atoms with Crippen LogP contribution in [-0.4, -0.2) is 71.6 Å². The Morgan fingerprint density at radius 2 is 1.73 bits per heavy atom. The van der Waals surface area contributed by atoms with Gasteiger partial charge in [0.1, 0.15) is 11.6 Å². The molecule has 0 aromatic heterocycles. The quantitative estimate of drug-likeness (QED) is 0.152. The van der Waals surface area contributed by atoms with E-state index in [9.17, 15) is 24.9 Å². The topological polar surface area (TPSA) is 142 Å². The van der Waals surface area contributed by atoms with Gasteiger partial charge in [0.05, 0.1) is 30.9 Å². The van der Waals surface area contributed by atoms with Crippen molar-refractivity contribution in [2.24, 2.45) is 64.9 Å². The number of nitrogens with one attached hydrogen (secondary N) is 1. The van der Waals surface area contributed by atoms with Crippen molar-refractivity contribution in [1.82, 2.24) is 5.32 Å². The third-order valence-corrected chi connectivity index (χ3v) is 13.6. The Balaban J connectivity index is 1.54. The number of rotatable bonds is 10. The average Bonchev–Trinajstić information content (AvgIpc) is 3.26. The summed E-state index contributed by atoms with van der Waals surface area (Å²) in [6.07, 6.45) is 14.7. The zero-order valence-electron chi connectivity index (χ0n) is 30.6. The second-order valence-corrected chi connectivity index (χ2v) is 16.9. The monoisotopic (exact) mass is 685 g/mol. The molecule has 6 unspecified atom stereocenters. The summed E-state index contributed by atoms with van der Waals surface area (Å²) in [5.74, 6) is 9.39. The second kappa shape index (κ2) is 18.9. The minimum absolute atomic E-state index is 0.000254. The van der Waals surface area contributed by atoms with Gasteiger partial charge in [-0.15, -0.1) is 0 Å². The van der Waals surface area contributed by atoms with Gasteiger partial charge in [0, 0.05) is 37.9 Å². The van der Waals surface area contributed by atoms with Crippen LogP contribution in [0.3, 0.4) is 0 Å². The minimum atomic E-state index is -0.616. The molecule has 8 heteroatoms. The molecule has 1 heterocycles. The van der Waals surface area contributed by atoms with E-state index < -0.39 is 12.2 Å². The largest absolute Gasteiger partial charge is 0.396 e. The van der Waals surface area contributed by atoms with Gasteiger partial charge in [-0.05, 0) is 131 Å². The lowest BCUT2D eigenvalue weighted by Gasteiger charge is -2.44. The van der Waals surface area contributed by atoms with Crippen LogP contribution in [0.4, 0.5) is 0 Å². The van der Waals surface area contributed by atoms with Gasteiger partial charge in [0.15, 0.2) is 0 Å². The Hall–Kier alpha value is -1.34.